The summed E-state index contributed by atoms with van der Waals surface area (Å²) in [6.07, 6.45) is 0.435. The van der Waals surface area contributed by atoms with Crippen LogP contribution in [-0.2, 0) is 24.2 Å². The molecule has 0 amide bonds. The molecule has 0 aliphatic rings. The molecule has 1 aromatic heterocycles. The Labute approximate surface area is 117 Å². The molecule has 1 heterocycles. The SMILES string of the molecule is CCc1nn(CC)c(CNCC(O)COC)c1Br. The van der Waals surface area contributed by atoms with Gasteiger partial charge in [-0.15, -0.1) is 0 Å². The highest BCUT2D eigenvalue weighted by molar-refractivity contribution is 9.10. The molecule has 1 atom stereocenters. The topological polar surface area (TPSA) is 59.3 Å². The van der Waals surface area contributed by atoms with Gasteiger partial charge in [0.1, 0.15) is 0 Å². The van der Waals surface area contributed by atoms with Crippen molar-refractivity contribution in [3.05, 3.63) is 15.9 Å². The number of aromatic nitrogens is 2. The Kier molecular flexibility index (Phi) is 6.85. The van der Waals surface area contributed by atoms with Crippen LogP contribution in [0.5, 0.6) is 0 Å². The first kappa shape index (κ1) is 15.6. The minimum absolute atomic E-state index is 0.349. The van der Waals surface area contributed by atoms with E-state index in [1.807, 2.05) is 4.68 Å². The third kappa shape index (κ3) is 4.05. The number of halogens is 1. The summed E-state index contributed by atoms with van der Waals surface area (Å²) in [5.74, 6) is 0. The number of ether oxygens (including phenoxy) is 1. The van der Waals surface area contributed by atoms with E-state index < -0.39 is 6.10 Å². The van der Waals surface area contributed by atoms with Crippen LogP contribution < -0.4 is 5.32 Å². The van der Waals surface area contributed by atoms with E-state index in [0.717, 1.165) is 28.8 Å². The molecule has 0 aliphatic heterocycles. The minimum Gasteiger partial charge on any atom is -0.389 e. The average molecular weight is 320 g/mol. The van der Waals surface area contributed by atoms with Crippen LogP contribution in [0.25, 0.3) is 0 Å². The van der Waals surface area contributed by atoms with Crippen LogP contribution in [-0.4, -0.2) is 41.3 Å². The molecular formula is C12H22BrN3O2. The van der Waals surface area contributed by atoms with Crippen molar-refractivity contribution in [2.45, 2.75) is 39.5 Å². The molecule has 0 saturated heterocycles. The van der Waals surface area contributed by atoms with E-state index in [-0.39, 0.29) is 0 Å². The summed E-state index contributed by atoms with van der Waals surface area (Å²) in [4.78, 5) is 0. The number of aliphatic hydroxyl groups excluding tert-OH is 1. The monoisotopic (exact) mass is 319 g/mol. The zero-order valence-electron chi connectivity index (χ0n) is 11.2. The van der Waals surface area contributed by atoms with Gasteiger partial charge in [-0.1, -0.05) is 6.92 Å². The van der Waals surface area contributed by atoms with E-state index >= 15 is 0 Å². The van der Waals surface area contributed by atoms with Gasteiger partial charge >= 0.3 is 0 Å². The first-order valence-corrected chi connectivity index (χ1v) is 7.05. The zero-order chi connectivity index (χ0) is 13.5. The van der Waals surface area contributed by atoms with Crippen LogP contribution in [0.1, 0.15) is 25.2 Å². The Hall–Kier alpha value is -0.430. The van der Waals surface area contributed by atoms with E-state index in [2.05, 4.69) is 40.2 Å². The maximum absolute atomic E-state index is 9.55. The largest absolute Gasteiger partial charge is 0.389 e. The van der Waals surface area contributed by atoms with E-state index in [0.29, 0.717) is 19.7 Å². The summed E-state index contributed by atoms with van der Waals surface area (Å²) in [5.41, 5.74) is 2.20. The predicted molar refractivity (Wildman–Crippen MR) is 74.6 cm³/mol. The lowest BCUT2D eigenvalue weighted by molar-refractivity contribution is 0.0643. The Morgan fingerprint density at radius 3 is 2.78 bits per heavy atom. The number of nitrogens with zero attached hydrogens (tertiary/aromatic N) is 2. The molecule has 104 valence electrons. The molecule has 0 bridgehead atoms. The number of methoxy groups -OCH3 is 1. The van der Waals surface area contributed by atoms with E-state index in [9.17, 15) is 5.11 Å². The fourth-order valence-electron chi connectivity index (χ4n) is 1.79. The normalized spacial score (nSPS) is 12.9. The Morgan fingerprint density at radius 1 is 1.50 bits per heavy atom. The van der Waals surface area contributed by atoms with Crippen molar-refractivity contribution in [2.75, 3.05) is 20.3 Å². The lowest BCUT2D eigenvalue weighted by Crippen LogP contribution is -2.30. The molecule has 0 saturated carbocycles. The van der Waals surface area contributed by atoms with Gasteiger partial charge in [0.2, 0.25) is 0 Å². The quantitative estimate of drug-likeness (QED) is 0.759. The second-order valence-electron chi connectivity index (χ2n) is 4.12. The van der Waals surface area contributed by atoms with Gasteiger partial charge in [0.25, 0.3) is 0 Å². The summed E-state index contributed by atoms with van der Waals surface area (Å²) in [6, 6.07) is 0. The van der Waals surface area contributed by atoms with Gasteiger partial charge in [0.15, 0.2) is 0 Å². The molecule has 0 aromatic carbocycles. The third-order valence-corrected chi connectivity index (χ3v) is 3.64. The number of aliphatic hydroxyl groups is 1. The summed E-state index contributed by atoms with van der Waals surface area (Å²) in [7, 11) is 1.58. The van der Waals surface area contributed by atoms with Crippen molar-refractivity contribution in [1.82, 2.24) is 15.1 Å². The third-order valence-electron chi connectivity index (χ3n) is 2.73. The predicted octanol–water partition coefficient (Wildman–Crippen LogP) is 1.32. The van der Waals surface area contributed by atoms with Crippen molar-refractivity contribution in [3.63, 3.8) is 0 Å². The molecular weight excluding hydrogens is 298 g/mol. The van der Waals surface area contributed by atoms with Gasteiger partial charge in [-0.05, 0) is 29.3 Å². The molecule has 18 heavy (non-hydrogen) atoms. The minimum atomic E-state index is -0.475. The number of nitrogens with one attached hydrogen (secondary N) is 1. The highest BCUT2D eigenvalue weighted by atomic mass is 79.9. The van der Waals surface area contributed by atoms with Crippen LogP contribution in [0.15, 0.2) is 4.47 Å². The number of hydrogen-bond donors (Lipinski definition) is 2. The highest BCUT2D eigenvalue weighted by Gasteiger charge is 2.13. The summed E-state index contributed by atoms with van der Waals surface area (Å²) < 4.78 is 7.93. The summed E-state index contributed by atoms with van der Waals surface area (Å²) in [5, 5.41) is 17.3. The molecule has 1 unspecified atom stereocenters. The average Bonchev–Trinajstić information content (AvgIpc) is 2.66. The molecule has 1 rings (SSSR count). The van der Waals surface area contributed by atoms with Gasteiger partial charge in [0.05, 0.1) is 28.6 Å². The molecule has 0 spiro atoms. The molecule has 5 nitrogen and oxygen atoms in total. The number of aryl methyl sites for hydroxylation is 2. The van der Waals surface area contributed by atoms with Crippen molar-refractivity contribution in [3.8, 4) is 0 Å². The summed E-state index contributed by atoms with van der Waals surface area (Å²) in [6.45, 7) is 6.55. The molecule has 0 aliphatic carbocycles. The van der Waals surface area contributed by atoms with Gasteiger partial charge < -0.3 is 15.2 Å². The zero-order valence-corrected chi connectivity index (χ0v) is 12.8. The van der Waals surface area contributed by atoms with Gasteiger partial charge in [-0.2, -0.15) is 5.10 Å². The van der Waals surface area contributed by atoms with E-state index in [4.69, 9.17) is 4.74 Å². The Bertz CT molecular complexity index is 368. The summed E-state index contributed by atoms with van der Waals surface area (Å²) >= 11 is 3.59. The molecule has 2 N–H and O–H groups in total. The maximum atomic E-state index is 9.55. The first-order valence-electron chi connectivity index (χ1n) is 6.25. The van der Waals surface area contributed by atoms with Crippen LogP contribution in [0.2, 0.25) is 0 Å². The fraction of sp³-hybridized carbons (Fsp3) is 0.750. The van der Waals surface area contributed by atoms with Crippen molar-refractivity contribution in [2.24, 2.45) is 0 Å². The van der Waals surface area contributed by atoms with Crippen LogP contribution in [0.4, 0.5) is 0 Å². The molecule has 6 heteroatoms. The first-order chi connectivity index (χ1) is 8.63. The maximum Gasteiger partial charge on any atom is 0.0897 e. The van der Waals surface area contributed by atoms with Gasteiger partial charge in [-0.3, -0.25) is 4.68 Å². The Balaban J connectivity index is 2.58. The lowest BCUT2D eigenvalue weighted by Gasteiger charge is -2.11. The van der Waals surface area contributed by atoms with Crippen LogP contribution in [0, 0.1) is 0 Å². The van der Waals surface area contributed by atoms with E-state index in [1.54, 1.807) is 7.11 Å². The highest BCUT2D eigenvalue weighted by Crippen LogP contribution is 2.22. The molecule has 0 radical (unpaired) electrons. The fourth-order valence-corrected chi connectivity index (χ4v) is 2.50. The Morgan fingerprint density at radius 2 is 2.22 bits per heavy atom. The van der Waals surface area contributed by atoms with Crippen LogP contribution in [0.3, 0.4) is 0 Å². The number of hydrogen-bond acceptors (Lipinski definition) is 4. The molecule has 1 aromatic rings. The van der Waals surface area contributed by atoms with Gasteiger partial charge in [0, 0.05) is 26.7 Å². The second kappa shape index (κ2) is 7.89. The smallest absolute Gasteiger partial charge is 0.0897 e. The van der Waals surface area contributed by atoms with Crippen molar-refractivity contribution in [1.29, 1.82) is 0 Å². The standard InChI is InChI=1S/C12H22BrN3O2/c1-4-10-12(13)11(16(5-2)15-10)7-14-6-9(17)8-18-3/h9,14,17H,4-8H2,1-3H3. The number of rotatable bonds is 8. The van der Waals surface area contributed by atoms with Crippen LogP contribution >= 0.6 is 15.9 Å². The lowest BCUT2D eigenvalue weighted by atomic mass is 10.3. The van der Waals surface area contributed by atoms with E-state index in [1.165, 1.54) is 0 Å². The van der Waals surface area contributed by atoms with Crippen molar-refractivity contribution >= 4 is 15.9 Å². The second-order valence-corrected chi connectivity index (χ2v) is 4.91. The van der Waals surface area contributed by atoms with Crippen molar-refractivity contribution < 1.29 is 9.84 Å². The molecule has 0 fully saturated rings. The van der Waals surface area contributed by atoms with Gasteiger partial charge in [-0.25, -0.2) is 0 Å².